The zero-order valence-electron chi connectivity index (χ0n) is 8.29. The van der Waals surface area contributed by atoms with E-state index in [-0.39, 0.29) is 0 Å². The van der Waals surface area contributed by atoms with E-state index >= 15 is 0 Å². The number of furan rings is 1. The molecule has 0 amide bonds. The summed E-state index contributed by atoms with van der Waals surface area (Å²) in [5.74, 6) is 1.99. The fraction of sp³-hybridized carbons (Fsp3) is 0.300. The lowest BCUT2D eigenvalue weighted by atomic mass is 10.4. The molecule has 0 unspecified atom stereocenters. The summed E-state index contributed by atoms with van der Waals surface area (Å²) in [5.41, 5.74) is 0. The Balaban J connectivity index is 2.13. The van der Waals surface area contributed by atoms with E-state index in [0.717, 1.165) is 6.54 Å². The standard InChI is InChI=1S/C10H11BrN2O2/c1-2-12-6-10-13-5-8(15-10)7-3-4-9(11)14-7/h3-5,12H,2,6H2,1H3. The van der Waals surface area contributed by atoms with E-state index in [1.54, 1.807) is 6.20 Å². The van der Waals surface area contributed by atoms with Crippen molar-refractivity contribution in [2.24, 2.45) is 0 Å². The van der Waals surface area contributed by atoms with Crippen LogP contribution in [0.3, 0.4) is 0 Å². The van der Waals surface area contributed by atoms with Crippen molar-refractivity contribution >= 4 is 15.9 Å². The summed E-state index contributed by atoms with van der Waals surface area (Å²) in [5, 5.41) is 3.14. The number of hydrogen-bond donors (Lipinski definition) is 1. The molecule has 0 aliphatic carbocycles. The average molecular weight is 271 g/mol. The second-order valence-electron chi connectivity index (χ2n) is 3.00. The number of rotatable bonds is 4. The maximum Gasteiger partial charge on any atom is 0.209 e. The Bertz CT molecular complexity index is 436. The van der Waals surface area contributed by atoms with E-state index in [9.17, 15) is 0 Å². The van der Waals surface area contributed by atoms with Crippen LogP contribution in [0.2, 0.25) is 0 Å². The van der Waals surface area contributed by atoms with E-state index in [0.29, 0.717) is 28.6 Å². The zero-order chi connectivity index (χ0) is 10.7. The lowest BCUT2D eigenvalue weighted by molar-refractivity contribution is 0.461. The first-order valence-corrected chi connectivity index (χ1v) is 5.50. The van der Waals surface area contributed by atoms with E-state index < -0.39 is 0 Å². The molecule has 2 aromatic rings. The molecule has 15 heavy (non-hydrogen) atoms. The van der Waals surface area contributed by atoms with Crippen molar-refractivity contribution in [2.75, 3.05) is 6.54 Å². The van der Waals surface area contributed by atoms with Crippen LogP contribution in [0.4, 0.5) is 0 Å². The van der Waals surface area contributed by atoms with Gasteiger partial charge in [-0.15, -0.1) is 0 Å². The number of oxazole rings is 1. The van der Waals surface area contributed by atoms with Crippen LogP contribution in [0, 0.1) is 0 Å². The molecular weight excluding hydrogens is 260 g/mol. The molecule has 0 atom stereocenters. The highest BCUT2D eigenvalue weighted by atomic mass is 79.9. The predicted molar refractivity (Wildman–Crippen MR) is 59.3 cm³/mol. The van der Waals surface area contributed by atoms with Gasteiger partial charge in [-0.1, -0.05) is 6.92 Å². The molecule has 0 aliphatic rings. The van der Waals surface area contributed by atoms with E-state index in [2.05, 4.69) is 26.2 Å². The van der Waals surface area contributed by atoms with Gasteiger partial charge >= 0.3 is 0 Å². The van der Waals surface area contributed by atoms with E-state index in [4.69, 9.17) is 8.83 Å². The lowest BCUT2D eigenvalue weighted by Gasteiger charge is -1.94. The number of hydrogen-bond acceptors (Lipinski definition) is 4. The van der Waals surface area contributed by atoms with Crippen LogP contribution < -0.4 is 5.32 Å². The molecule has 2 heterocycles. The molecule has 1 N–H and O–H groups in total. The lowest BCUT2D eigenvalue weighted by Crippen LogP contribution is -2.11. The highest BCUT2D eigenvalue weighted by Crippen LogP contribution is 2.25. The van der Waals surface area contributed by atoms with Gasteiger partial charge in [-0.3, -0.25) is 0 Å². The maximum absolute atomic E-state index is 5.50. The fourth-order valence-electron chi connectivity index (χ4n) is 1.18. The van der Waals surface area contributed by atoms with E-state index in [1.165, 1.54) is 0 Å². The summed E-state index contributed by atoms with van der Waals surface area (Å²) in [4.78, 5) is 4.13. The summed E-state index contributed by atoms with van der Waals surface area (Å²) < 4.78 is 11.5. The third kappa shape index (κ3) is 2.49. The van der Waals surface area contributed by atoms with Gasteiger partial charge in [0.15, 0.2) is 16.2 Å². The largest absolute Gasteiger partial charge is 0.446 e. The van der Waals surface area contributed by atoms with Crippen LogP contribution in [-0.2, 0) is 6.54 Å². The Labute approximate surface area is 95.8 Å². The number of nitrogens with zero attached hydrogens (tertiary/aromatic N) is 1. The molecule has 0 saturated heterocycles. The number of nitrogens with one attached hydrogen (secondary N) is 1. The summed E-state index contributed by atoms with van der Waals surface area (Å²) in [6, 6.07) is 3.66. The van der Waals surface area contributed by atoms with Crippen molar-refractivity contribution in [1.82, 2.24) is 10.3 Å². The van der Waals surface area contributed by atoms with Crippen LogP contribution in [-0.4, -0.2) is 11.5 Å². The molecule has 0 fully saturated rings. The van der Waals surface area contributed by atoms with Crippen LogP contribution in [0.25, 0.3) is 11.5 Å². The topological polar surface area (TPSA) is 51.2 Å². The molecule has 0 spiro atoms. The third-order valence-corrected chi connectivity index (χ3v) is 2.32. The smallest absolute Gasteiger partial charge is 0.209 e. The summed E-state index contributed by atoms with van der Waals surface area (Å²) in [6.45, 7) is 3.57. The molecule has 0 bridgehead atoms. The van der Waals surface area contributed by atoms with Crippen LogP contribution in [0.1, 0.15) is 12.8 Å². The highest BCUT2D eigenvalue weighted by molar-refractivity contribution is 9.10. The second-order valence-corrected chi connectivity index (χ2v) is 3.78. The van der Waals surface area contributed by atoms with Gasteiger partial charge in [0.05, 0.1) is 12.7 Å². The Morgan fingerprint density at radius 3 is 2.87 bits per heavy atom. The number of aromatic nitrogens is 1. The first-order valence-electron chi connectivity index (χ1n) is 4.70. The van der Waals surface area contributed by atoms with Gasteiger partial charge in [-0.2, -0.15) is 0 Å². The van der Waals surface area contributed by atoms with Crippen molar-refractivity contribution in [3.8, 4) is 11.5 Å². The molecule has 2 aromatic heterocycles. The van der Waals surface area contributed by atoms with Crippen molar-refractivity contribution in [1.29, 1.82) is 0 Å². The van der Waals surface area contributed by atoms with Crippen molar-refractivity contribution in [3.63, 3.8) is 0 Å². The first kappa shape index (κ1) is 10.4. The molecule has 5 heteroatoms. The van der Waals surface area contributed by atoms with E-state index in [1.807, 2.05) is 19.1 Å². The second kappa shape index (κ2) is 4.63. The van der Waals surface area contributed by atoms with Gasteiger partial charge in [0, 0.05) is 0 Å². The van der Waals surface area contributed by atoms with Crippen molar-refractivity contribution in [2.45, 2.75) is 13.5 Å². The van der Waals surface area contributed by atoms with Gasteiger partial charge in [0.25, 0.3) is 0 Å². The molecule has 0 radical (unpaired) electrons. The Kier molecular flexibility index (Phi) is 3.23. The van der Waals surface area contributed by atoms with Gasteiger partial charge in [0.1, 0.15) is 0 Å². The third-order valence-electron chi connectivity index (χ3n) is 1.90. The normalized spacial score (nSPS) is 10.8. The minimum Gasteiger partial charge on any atom is -0.446 e. The molecule has 0 aliphatic heterocycles. The summed E-state index contributed by atoms with van der Waals surface area (Å²) >= 11 is 3.24. The average Bonchev–Trinajstić information content (AvgIpc) is 2.83. The fourth-order valence-corrected chi connectivity index (χ4v) is 1.49. The van der Waals surface area contributed by atoms with Gasteiger partial charge in [-0.25, -0.2) is 4.98 Å². The monoisotopic (exact) mass is 270 g/mol. The molecule has 0 aromatic carbocycles. The minimum atomic E-state index is 0.637. The van der Waals surface area contributed by atoms with Crippen molar-refractivity contribution in [3.05, 3.63) is 28.9 Å². The van der Waals surface area contributed by atoms with Gasteiger partial charge in [0.2, 0.25) is 5.89 Å². The zero-order valence-corrected chi connectivity index (χ0v) is 9.87. The molecular formula is C10H11BrN2O2. The van der Waals surface area contributed by atoms with Gasteiger partial charge < -0.3 is 14.2 Å². The predicted octanol–water partition coefficient (Wildman–Crippen LogP) is 2.81. The molecule has 0 saturated carbocycles. The van der Waals surface area contributed by atoms with Crippen LogP contribution >= 0.6 is 15.9 Å². The van der Waals surface area contributed by atoms with Crippen LogP contribution in [0.15, 0.2) is 31.8 Å². The summed E-state index contributed by atoms with van der Waals surface area (Å²) in [6.07, 6.45) is 1.66. The highest BCUT2D eigenvalue weighted by Gasteiger charge is 2.09. The maximum atomic E-state index is 5.50. The Morgan fingerprint density at radius 1 is 1.33 bits per heavy atom. The molecule has 80 valence electrons. The minimum absolute atomic E-state index is 0.637. The molecule has 2 rings (SSSR count). The first-order chi connectivity index (χ1) is 7.29. The quantitative estimate of drug-likeness (QED) is 0.928. The summed E-state index contributed by atoms with van der Waals surface area (Å²) in [7, 11) is 0. The number of halogens is 1. The SMILES string of the molecule is CCNCc1ncc(-c2ccc(Br)o2)o1. The Morgan fingerprint density at radius 2 is 2.20 bits per heavy atom. The molecule has 4 nitrogen and oxygen atoms in total. The van der Waals surface area contributed by atoms with Crippen LogP contribution in [0.5, 0.6) is 0 Å². The Hall–Kier alpha value is -1.07. The van der Waals surface area contributed by atoms with Gasteiger partial charge in [-0.05, 0) is 34.6 Å². The van der Waals surface area contributed by atoms with Crippen molar-refractivity contribution < 1.29 is 8.83 Å².